The second-order valence-corrected chi connectivity index (χ2v) is 7.78. The van der Waals surface area contributed by atoms with Crippen LogP contribution >= 0.6 is 0 Å². The van der Waals surface area contributed by atoms with Crippen molar-refractivity contribution in [3.8, 4) is 5.75 Å². The van der Waals surface area contributed by atoms with E-state index in [-0.39, 0.29) is 0 Å². The molecule has 1 aromatic carbocycles. The number of fused-ring (bicyclic) bond motifs is 2. The summed E-state index contributed by atoms with van der Waals surface area (Å²) in [6, 6.07) is 8.71. The van der Waals surface area contributed by atoms with Crippen LogP contribution in [0.3, 0.4) is 0 Å². The molecule has 1 saturated heterocycles. The molecule has 142 valence electrons. The lowest BCUT2D eigenvalue weighted by atomic mass is 9.46. The van der Waals surface area contributed by atoms with Crippen molar-refractivity contribution in [3.63, 3.8) is 0 Å². The van der Waals surface area contributed by atoms with Gasteiger partial charge in [0.1, 0.15) is 5.75 Å². The Morgan fingerprint density at radius 1 is 1.35 bits per heavy atom. The van der Waals surface area contributed by atoms with Crippen molar-refractivity contribution in [1.82, 2.24) is 10.6 Å². The van der Waals surface area contributed by atoms with Gasteiger partial charge in [-0.05, 0) is 44.2 Å². The molecule has 0 amide bonds. The number of para-hydroxylation sites is 1. The van der Waals surface area contributed by atoms with Crippen LogP contribution < -0.4 is 15.4 Å². The number of ether oxygens (including phenoxy) is 2. The molecule has 2 saturated carbocycles. The Morgan fingerprint density at radius 2 is 2.19 bits per heavy atom. The van der Waals surface area contributed by atoms with Gasteiger partial charge in [-0.25, -0.2) is 0 Å². The highest BCUT2D eigenvalue weighted by atomic mass is 16.5. The first-order valence-corrected chi connectivity index (χ1v) is 10.1. The summed E-state index contributed by atoms with van der Waals surface area (Å²) in [7, 11) is 1.72. The highest BCUT2D eigenvalue weighted by molar-refractivity contribution is 5.80. The second kappa shape index (κ2) is 7.47. The van der Waals surface area contributed by atoms with Crippen LogP contribution in [0.5, 0.6) is 5.75 Å². The number of guanidine groups is 1. The number of hydrogen-bond acceptors (Lipinski definition) is 3. The third-order valence-electron chi connectivity index (χ3n) is 6.52. The summed E-state index contributed by atoms with van der Waals surface area (Å²) in [5.74, 6) is 2.55. The van der Waals surface area contributed by atoms with E-state index in [0.717, 1.165) is 37.8 Å². The Labute approximate surface area is 156 Å². The van der Waals surface area contributed by atoms with Gasteiger partial charge in [0.15, 0.2) is 5.96 Å². The Kier molecular flexibility index (Phi) is 5.07. The van der Waals surface area contributed by atoms with E-state index in [1.165, 1.54) is 31.2 Å². The van der Waals surface area contributed by atoms with E-state index in [2.05, 4.69) is 29.7 Å². The van der Waals surface area contributed by atoms with Gasteiger partial charge in [-0.1, -0.05) is 24.6 Å². The predicted octanol–water partition coefficient (Wildman–Crippen LogP) is 2.75. The average molecular weight is 357 g/mol. The first-order chi connectivity index (χ1) is 12.8. The summed E-state index contributed by atoms with van der Waals surface area (Å²) < 4.78 is 11.5. The van der Waals surface area contributed by atoms with Crippen molar-refractivity contribution >= 4 is 5.96 Å². The Morgan fingerprint density at radius 3 is 2.92 bits per heavy atom. The van der Waals surface area contributed by atoms with Gasteiger partial charge in [0.05, 0.1) is 13.2 Å². The van der Waals surface area contributed by atoms with Crippen molar-refractivity contribution in [2.24, 2.45) is 16.3 Å². The number of nitrogens with zero attached hydrogens (tertiary/aromatic N) is 1. The molecule has 5 nitrogen and oxygen atoms in total. The SMILES string of the molecule is CCNC(=NCCc1ccccc1OC)NC1C2CCOC2C12CCC2. The predicted molar refractivity (Wildman–Crippen MR) is 104 cm³/mol. The molecule has 0 aromatic heterocycles. The molecule has 1 aliphatic heterocycles. The van der Waals surface area contributed by atoms with Crippen molar-refractivity contribution in [2.75, 3.05) is 26.8 Å². The fourth-order valence-corrected chi connectivity index (χ4v) is 5.12. The van der Waals surface area contributed by atoms with Gasteiger partial charge in [-0.15, -0.1) is 0 Å². The first kappa shape index (κ1) is 17.7. The highest BCUT2D eigenvalue weighted by Gasteiger charge is 2.66. The topological polar surface area (TPSA) is 54.9 Å². The summed E-state index contributed by atoms with van der Waals surface area (Å²) in [6.07, 6.45) is 6.49. The Bertz CT molecular complexity index is 656. The van der Waals surface area contributed by atoms with Crippen molar-refractivity contribution in [2.45, 2.75) is 51.2 Å². The molecule has 3 atom stereocenters. The minimum Gasteiger partial charge on any atom is -0.496 e. The summed E-state index contributed by atoms with van der Waals surface area (Å²) in [5.41, 5.74) is 1.58. The molecule has 1 aromatic rings. The molecule has 0 radical (unpaired) electrons. The van der Waals surface area contributed by atoms with Crippen molar-refractivity contribution in [1.29, 1.82) is 0 Å². The number of rotatable bonds is 6. The molecule has 3 fully saturated rings. The first-order valence-electron chi connectivity index (χ1n) is 10.1. The third kappa shape index (κ3) is 2.96. The molecular weight excluding hydrogens is 326 g/mol. The van der Waals surface area contributed by atoms with Crippen LogP contribution in [0.25, 0.3) is 0 Å². The number of aliphatic imine (C=N–C) groups is 1. The van der Waals surface area contributed by atoms with Gasteiger partial charge in [0, 0.05) is 37.1 Å². The lowest BCUT2D eigenvalue weighted by Crippen LogP contribution is -2.72. The summed E-state index contributed by atoms with van der Waals surface area (Å²) in [4.78, 5) is 4.84. The van der Waals surface area contributed by atoms with Crippen LogP contribution in [-0.4, -0.2) is 44.9 Å². The minimum atomic E-state index is 0.375. The summed E-state index contributed by atoms with van der Waals surface area (Å²) in [5, 5.41) is 7.19. The zero-order valence-corrected chi connectivity index (χ0v) is 16.0. The van der Waals surface area contributed by atoms with Crippen LogP contribution in [-0.2, 0) is 11.2 Å². The smallest absolute Gasteiger partial charge is 0.191 e. The van der Waals surface area contributed by atoms with Crippen LogP contribution in [0.1, 0.15) is 38.2 Å². The molecule has 2 aliphatic carbocycles. The van der Waals surface area contributed by atoms with Gasteiger partial charge in [0.25, 0.3) is 0 Å². The van der Waals surface area contributed by atoms with E-state index >= 15 is 0 Å². The quantitative estimate of drug-likeness (QED) is 0.607. The van der Waals surface area contributed by atoms with Crippen molar-refractivity contribution < 1.29 is 9.47 Å². The van der Waals surface area contributed by atoms with E-state index in [0.29, 0.717) is 23.5 Å². The lowest BCUT2D eigenvalue weighted by molar-refractivity contribution is -0.171. The maximum absolute atomic E-state index is 6.03. The van der Waals surface area contributed by atoms with E-state index in [4.69, 9.17) is 14.5 Å². The molecule has 1 spiro atoms. The summed E-state index contributed by atoms with van der Waals surface area (Å²) >= 11 is 0. The largest absolute Gasteiger partial charge is 0.496 e. The van der Waals surface area contributed by atoms with Crippen LogP contribution in [0.15, 0.2) is 29.3 Å². The van der Waals surface area contributed by atoms with E-state index in [9.17, 15) is 0 Å². The normalized spacial score (nSPS) is 28.8. The van der Waals surface area contributed by atoms with Gasteiger partial charge in [0.2, 0.25) is 0 Å². The average Bonchev–Trinajstić information content (AvgIpc) is 3.03. The molecule has 5 heteroatoms. The second-order valence-electron chi connectivity index (χ2n) is 7.78. The van der Waals surface area contributed by atoms with Crippen LogP contribution in [0.4, 0.5) is 0 Å². The Balaban J connectivity index is 1.40. The standard InChI is InChI=1S/C21H31N3O2/c1-3-22-20(23-13-9-15-7-4-5-8-17(15)25-2)24-18-16-10-14-26-19(16)21(18)11-6-12-21/h4-5,7-8,16,18-19H,3,6,9-14H2,1-2H3,(H2,22,23,24). The van der Waals surface area contributed by atoms with Gasteiger partial charge in [-0.3, -0.25) is 4.99 Å². The number of methoxy groups -OCH3 is 1. The lowest BCUT2D eigenvalue weighted by Gasteiger charge is -2.63. The zero-order chi connectivity index (χ0) is 18.0. The maximum Gasteiger partial charge on any atom is 0.191 e. The number of benzene rings is 1. The maximum atomic E-state index is 6.03. The molecular formula is C21H31N3O2. The fourth-order valence-electron chi connectivity index (χ4n) is 5.12. The molecule has 3 aliphatic rings. The molecule has 2 N–H and O–H groups in total. The van der Waals surface area contributed by atoms with Gasteiger partial charge in [-0.2, -0.15) is 0 Å². The van der Waals surface area contributed by atoms with E-state index < -0.39 is 0 Å². The monoisotopic (exact) mass is 357 g/mol. The number of hydrogen-bond donors (Lipinski definition) is 2. The minimum absolute atomic E-state index is 0.375. The highest BCUT2D eigenvalue weighted by Crippen LogP contribution is 2.62. The molecule has 0 bridgehead atoms. The summed E-state index contributed by atoms with van der Waals surface area (Å²) in [6.45, 7) is 4.68. The van der Waals surface area contributed by atoms with Crippen LogP contribution in [0.2, 0.25) is 0 Å². The van der Waals surface area contributed by atoms with Gasteiger partial charge < -0.3 is 20.1 Å². The third-order valence-corrected chi connectivity index (χ3v) is 6.52. The van der Waals surface area contributed by atoms with E-state index in [1.807, 2.05) is 12.1 Å². The van der Waals surface area contributed by atoms with Crippen molar-refractivity contribution in [3.05, 3.63) is 29.8 Å². The zero-order valence-electron chi connectivity index (χ0n) is 16.0. The van der Waals surface area contributed by atoms with E-state index in [1.54, 1.807) is 7.11 Å². The molecule has 1 heterocycles. The number of nitrogens with one attached hydrogen (secondary N) is 2. The molecule has 4 rings (SSSR count). The van der Waals surface area contributed by atoms with Crippen LogP contribution in [0, 0.1) is 11.3 Å². The van der Waals surface area contributed by atoms with Gasteiger partial charge >= 0.3 is 0 Å². The fraction of sp³-hybridized carbons (Fsp3) is 0.667. The molecule has 26 heavy (non-hydrogen) atoms. The Hall–Kier alpha value is -1.75. The molecule has 3 unspecified atom stereocenters.